The highest BCUT2D eigenvalue weighted by molar-refractivity contribution is 5.96. The van der Waals surface area contributed by atoms with Crippen LogP contribution in [0.15, 0.2) is 18.2 Å². The molecule has 3 aliphatic heterocycles. The highest BCUT2D eigenvalue weighted by atomic mass is 16.5. The summed E-state index contributed by atoms with van der Waals surface area (Å²) in [6.45, 7) is 6.32. The van der Waals surface area contributed by atoms with Gasteiger partial charge in [0.1, 0.15) is 11.4 Å². The molecule has 7 nitrogen and oxygen atoms in total. The van der Waals surface area contributed by atoms with Gasteiger partial charge in [0.25, 0.3) is 5.91 Å². The number of hydrogen-bond acceptors (Lipinski definition) is 5. The standard InChI is InChI=1S/C21H28N2O5/c1-15-9-17(26-2)3-4-18(15)20(25)23-13-21(14-23)11-16(12-28-21)10-19(24)22-5-7-27-8-6-22/h3-4,9,16H,5-8,10-14H2,1-2H3. The van der Waals surface area contributed by atoms with Crippen molar-refractivity contribution >= 4 is 11.8 Å². The lowest BCUT2D eigenvalue weighted by atomic mass is 9.85. The van der Waals surface area contributed by atoms with Crippen molar-refractivity contribution in [3.8, 4) is 5.75 Å². The maximum Gasteiger partial charge on any atom is 0.254 e. The van der Waals surface area contributed by atoms with Gasteiger partial charge in [0, 0.05) is 25.1 Å². The first-order valence-electron chi connectivity index (χ1n) is 9.93. The molecule has 0 saturated carbocycles. The fourth-order valence-corrected chi connectivity index (χ4v) is 4.45. The topological polar surface area (TPSA) is 68.3 Å². The van der Waals surface area contributed by atoms with Crippen LogP contribution < -0.4 is 4.74 Å². The van der Waals surface area contributed by atoms with Gasteiger partial charge < -0.3 is 24.0 Å². The van der Waals surface area contributed by atoms with E-state index in [2.05, 4.69) is 0 Å². The van der Waals surface area contributed by atoms with Crippen molar-refractivity contribution in [3.63, 3.8) is 0 Å². The first-order chi connectivity index (χ1) is 13.5. The van der Waals surface area contributed by atoms with Crippen LogP contribution in [0, 0.1) is 12.8 Å². The van der Waals surface area contributed by atoms with E-state index in [9.17, 15) is 9.59 Å². The summed E-state index contributed by atoms with van der Waals surface area (Å²) < 4.78 is 16.6. The molecule has 3 aliphatic rings. The largest absolute Gasteiger partial charge is 0.497 e. The predicted octanol–water partition coefficient (Wildman–Crippen LogP) is 1.48. The number of amides is 2. The van der Waals surface area contributed by atoms with E-state index in [1.165, 1.54) is 0 Å². The maximum absolute atomic E-state index is 12.8. The smallest absolute Gasteiger partial charge is 0.254 e. The van der Waals surface area contributed by atoms with E-state index in [-0.39, 0.29) is 23.3 Å². The van der Waals surface area contributed by atoms with Gasteiger partial charge in [0.05, 0.1) is 40.0 Å². The molecule has 0 aliphatic carbocycles. The van der Waals surface area contributed by atoms with Crippen molar-refractivity contribution in [2.24, 2.45) is 5.92 Å². The van der Waals surface area contributed by atoms with Crippen molar-refractivity contribution in [2.75, 3.05) is 53.1 Å². The van der Waals surface area contributed by atoms with Gasteiger partial charge in [-0.15, -0.1) is 0 Å². The van der Waals surface area contributed by atoms with E-state index in [0.29, 0.717) is 58.0 Å². The van der Waals surface area contributed by atoms with Crippen molar-refractivity contribution in [3.05, 3.63) is 29.3 Å². The molecule has 0 aromatic heterocycles. The summed E-state index contributed by atoms with van der Waals surface area (Å²) in [7, 11) is 1.62. The van der Waals surface area contributed by atoms with Gasteiger partial charge >= 0.3 is 0 Å². The first-order valence-corrected chi connectivity index (χ1v) is 9.93. The van der Waals surface area contributed by atoms with Crippen LogP contribution in [-0.4, -0.2) is 80.3 Å². The van der Waals surface area contributed by atoms with E-state index in [1.807, 2.05) is 34.9 Å². The Hall–Kier alpha value is -2.12. The molecule has 4 rings (SSSR count). The normalized spacial score (nSPS) is 23.6. The Labute approximate surface area is 165 Å². The SMILES string of the molecule is COc1ccc(C(=O)N2CC3(CC(CC(=O)N4CCOCC4)CO3)C2)c(C)c1. The summed E-state index contributed by atoms with van der Waals surface area (Å²) in [6, 6.07) is 5.51. The predicted molar refractivity (Wildman–Crippen MR) is 102 cm³/mol. The van der Waals surface area contributed by atoms with E-state index in [0.717, 1.165) is 17.7 Å². The monoisotopic (exact) mass is 388 g/mol. The molecule has 0 bridgehead atoms. The average Bonchev–Trinajstić information content (AvgIpc) is 3.11. The minimum atomic E-state index is -0.272. The van der Waals surface area contributed by atoms with Gasteiger partial charge in [-0.2, -0.15) is 0 Å². The molecule has 3 fully saturated rings. The number of nitrogens with zero attached hydrogens (tertiary/aromatic N) is 2. The lowest BCUT2D eigenvalue weighted by Gasteiger charge is -2.47. The Balaban J connectivity index is 1.30. The summed E-state index contributed by atoms with van der Waals surface area (Å²) in [6.07, 6.45) is 1.36. The summed E-state index contributed by atoms with van der Waals surface area (Å²) in [5.41, 5.74) is 1.34. The molecule has 28 heavy (non-hydrogen) atoms. The lowest BCUT2D eigenvalue weighted by Crippen LogP contribution is -2.63. The molecule has 1 unspecified atom stereocenters. The zero-order valence-corrected chi connectivity index (χ0v) is 16.6. The minimum absolute atomic E-state index is 0.0298. The van der Waals surface area contributed by atoms with E-state index in [4.69, 9.17) is 14.2 Å². The highest BCUT2D eigenvalue weighted by Crippen LogP contribution is 2.40. The van der Waals surface area contributed by atoms with Gasteiger partial charge in [-0.3, -0.25) is 9.59 Å². The van der Waals surface area contributed by atoms with Crippen molar-refractivity contribution < 1.29 is 23.8 Å². The van der Waals surface area contributed by atoms with Gasteiger partial charge in [0.2, 0.25) is 5.91 Å². The zero-order chi connectivity index (χ0) is 19.7. The summed E-state index contributed by atoms with van der Waals surface area (Å²) in [4.78, 5) is 29.0. The molecule has 7 heteroatoms. The number of ether oxygens (including phenoxy) is 3. The number of benzene rings is 1. The fraction of sp³-hybridized carbons (Fsp3) is 0.619. The number of hydrogen-bond donors (Lipinski definition) is 0. The molecular formula is C21H28N2O5. The molecule has 1 aromatic carbocycles. The third-order valence-electron chi connectivity index (χ3n) is 6.02. The molecule has 1 spiro atoms. The van der Waals surface area contributed by atoms with Crippen molar-refractivity contribution in [1.82, 2.24) is 9.80 Å². The highest BCUT2D eigenvalue weighted by Gasteiger charge is 2.51. The van der Waals surface area contributed by atoms with Crippen LogP contribution in [0.25, 0.3) is 0 Å². The van der Waals surface area contributed by atoms with Gasteiger partial charge in [0.15, 0.2) is 0 Å². The second-order valence-corrected chi connectivity index (χ2v) is 8.10. The molecule has 0 N–H and O–H groups in total. The average molecular weight is 388 g/mol. The molecule has 2 amide bonds. The zero-order valence-electron chi connectivity index (χ0n) is 16.6. The molecule has 1 aromatic rings. The lowest BCUT2D eigenvalue weighted by molar-refractivity contribution is -0.136. The van der Waals surface area contributed by atoms with Gasteiger partial charge in [-0.25, -0.2) is 0 Å². The number of aryl methyl sites for hydroxylation is 1. The van der Waals surface area contributed by atoms with E-state index < -0.39 is 0 Å². The van der Waals surface area contributed by atoms with E-state index >= 15 is 0 Å². The van der Waals surface area contributed by atoms with Gasteiger partial charge in [-0.1, -0.05) is 0 Å². The van der Waals surface area contributed by atoms with Crippen LogP contribution in [0.5, 0.6) is 5.75 Å². The van der Waals surface area contributed by atoms with Crippen LogP contribution in [0.2, 0.25) is 0 Å². The van der Waals surface area contributed by atoms with Gasteiger partial charge in [-0.05, 0) is 43.0 Å². The number of carbonyl (C=O) groups is 2. The molecule has 3 saturated heterocycles. The Kier molecular flexibility index (Phi) is 5.29. The summed E-state index contributed by atoms with van der Waals surface area (Å²) >= 11 is 0. The summed E-state index contributed by atoms with van der Waals surface area (Å²) in [5.74, 6) is 1.20. The maximum atomic E-state index is 12.8. The minimum Gasteiger partial charge on any atom is -0.497 e. The van der Waals surface area contributed by atoms with Crippen LogP contribution in [0.4, 0.5) is 0 Å². The molecule has 1 atom stereocenters. The summed E-state index contributed by atoms with van der Waals surface area (Å²) in [5, 5.41) is 0. The second kappa shape index (κ2) is 7.72. The van der Waals surface area contributed by atoms with Crippen LogP contribution >= 0.6 is 0 Å². The number of carbonyl (C=O) groups excluding carboxylic acids is 2. The van der Waals surface area contributed by atoms with Crippen LogP contribution in [0.1, 0.15) is 28.8 Å². The molecule has 152 valence electrons. The van der Waals surface area contributed by atoms with E-state index in [1.54, 1.807) is 7.11 Å². The molecule has 3 heterocycles. The Bertz CT molecular complexity index is 753. The third kappa shape index (κ3) is 3.73. The second-order valence-electron chi connectivity index (χ2n) is 8.10. The van der Waals surface area contributed by atoms with Crippen molar-refractivity contribution in [2.45, 2.75) is 25.4 Å². The number of rotatable bonds is 4. The number of methoxy groups -OCH3 is 1. The molecule has 0 radical (unpaired) electrons. The van der Waals surface area contributed by atoms with Crippen molar-refractivity contribution in [1.29, 1.82) is 0 Å². The quantitative estimate of drug-likeness (QED) is 0.782. The third-order valence-corrected chi connectivity index (χ3v) is 6.02. The van der Waals surface area contributed by atoms with Crippen LogP contribution in [0.3, 0.4) is 0 Å². The first kappa shape index (κ1) is 19.2. The Morgan fingerprint density at radius 2 is 1.96 bits per heavy atom. The number of likely N-dealkylation sites (tertiary alicyclic amines) is 1. The molecular weight excluding hydrogens is 360 g/mol. The Morgan fingerprint density at radius 3 is 2.64 bits per heavy atom. The Morgan fingerprint density at radius 1 is 1.21 bits per heavy atom. The fourth-order valence-electron chi connectivity index (χ4n) is 4.45. The van der Waals surface area contributed by atoms with Crippen LogP contribution in [-0.2, 0) is 14.3 Å². The number of morpholine rings is 1.